The van der Waals surface area contributed by atoms with Gasteiger partial charge in [0.25, 0.3) is 0 Å². The van der Waals surface area contributed by atoms with E-state index in [0.29, 0.717) is 52.5 Å². The van der Waals surface area contributed by atoms with Gasteiger partial charge >= 0.3 is 11.9 Å². The number of esters is 1. The molecule has 1 unspecified atom stereocenters. The lowest BCUT2D eigenvalue weighted by Gasteiger charge is -2.55. The van der Waals surface area contributed by atoms with Crippen LogP contribution in [0.3, 0.4) is 0 Å². The number of carboxylic acids is 1. The Morgan fingerprint density at radius 3 is 2.60 bits per heavy atom. The second kappa shape index (κ2) is 17.5. The molecule has 3 aromatic rings. The standard InChI is InChI=1S/C47H50N4O16/c48-44-43(65-34(57)18-33(55)56)47(11-13-50-44)42(59)41(58)46(60)10-8-25-27(20-51-19-24-9-12-49-37(24)28(51)21-53)36-32(17-30(25)64-45(46)67-47)63-31(16-23-4-2-1-3-5-23)35-26-6-7-29(62-22-54)39(61-15-14-52)38(26)66-40(35)36/h1-7,9,11-13,17,31,35,40-45,50,52-54,58-60H,8,10,14-16,18-22,48H2,(H,55,56)/p+1/t31-,35-,40-,41+,42+,43-,44-,45-,46-,47+/m1/s1. The number of hydrogen-bond donors (Lipinski definition) is 10. The van der Waals surface area contributed by atoms with Crippen molar-refractivity contribution in [2.24, 2.45) is 10.7 Å². The predicted molar refractivity (Wildman–Crippen MR) is 230 cm³/mol. The molecule has 67 heavy (non-hydrogen) atoms. The Morgan fingerprint density at radius 1 is 1.01 bits per heavy atom. The lowest BCUT2D eigenvalue weighted by atomic mass is 9.73. The van der Waals surface area contributed by atoms with Crippen LogP contribution in [0, 0.1) is 0 Å². The van der Waals surface area contributed by atoms with Crippen molar-refractivity contribution in [3.05, 3.63) is 112 Å². The normalized spacial score (nSPS) is 31.6. The summed E-state index contributed by atoms with van der Waals surface area (Å²) in [6, 6.07) is 15.0. The van der Waals surface area contributed by atoms with E-state index in [-0.39, 0.29) is 56.5 Å². The van der Waals surface area contributed by atoms with Gasteiger partial charge in [-0.2, -0.15) is 0 Å². The highest BCUT2D eigenvalue weighted by Crippen LogP contribution is 2.60. The van der Waals surface area contributed by atoms with Crippen LogP contribution in [0.15, 0.2) is 88.8 Å². The topological polar surface area (TPSA) is 295 Å². The minimum atomic E-state index is -2.30. The third-order valence-electron chi connectivity index (χ3n) is 13.8. The number of rotatable bonds is 13. The Bertz CT molecular complexity index is 2590. The molecule has 20 nitrogen and oxygen atoms in total. The number of hydrogen-bond acceptors (Lipinski definition) is 18. The van der Waals surface area contributed by atoms with Gasteiger partial charge in [0.1, 0.15) is 80.5 Å². The maximum absolute atomic E-state index is 12.8. The number of fused-ring (bicyclic) bond motifs is 8. The fraction of sp³-hybridized carbons (Fsp3) is 0.426. The van der Waals surface area contributed by atoms with Crippen molar-refractivity contribution in [3.8, 4) is 28.7 Å². The number of aliphatic hydroxyl groups excluding tert-OH is 5. The quantitative estimate of drug-likeness (QED) is 0.0552. The maximum atomic E-state index is 12.8. The molecule has 3 aromatic carbocycles. The molecule has 7 aliphatic heterocycles. The van der Waals surface area contributed by atoms with Crippen molar-refractivity contribution in [2.75, 3.05) is 33.2 Å². The summed E-state index contributed by atoms with van der Waals surface area (Å²) in [7, 11) is 0. The molecule has 354 valence electrons. The van der Waals surface area contributed by atoms with E-state index in [1.165, 1.54) is 12.3 Å². The molecule has 0 aliphatic carbocycles. The number of carbonyl (C=O) groups is 2. The van der Waals surface area contributed by atoms with Gasteiger partial charge in [0.15, 0.2) is 41.3 Å². The first-order chi connectivity index (χ1) is 32.4. The van der Waals surface area contributed by atoms with Crippen LogP contribution < -0.4 is 39.6 Å². The molecule has 1 fully saturated rings. The van der Waals surface area contributed by atoms with Crippen LogP contribution in [0.1, 0.15) is 52.7 Å². The molecular formula is C47H51N4O16+. The van der Waals surface area contributed by atoms with Crippen molar-refractivity contribution < 1.29 is 83.4 Å². The average Bonchev–Trinajstić information content (AvgIpc) is 3.99. The zero-order valence-corrected chi connectivity index (χ0v) is 35.9. The molecule has 20 heteroatoms. The highest BCUT2D eigenvalue weighted by atomic mass is 16.7. The predicted octanol–water partition coefficient (Wildman–Crippen LogP) is -1.12. The summed E-state index contributed by atoms with van der Waals surface area (Å²) in [4.78, 5) is 29.6. The molecule has 0 bridgehead atoms. The molecule has 7 aliphatic rings. The summed E-state index contributed by atoms with van der Waals surface area (Å²) >= 11 is 0. The van der Waals surface area contributed by atoms with Crippen LogP contribution in [-0.4, -0.2) is 135 Å². The molecule has 1 spiro atoms. The van der Waals surface area contributed by atoms with Gasteiger partial charge in [0, 0.05) is 46.5 Å². The summed E-state index contributed by atoms with van der Waals surface area (Å²) in [5.74, 6) is -1.84. The Labute approximate surface area is 382 Å². The number of benzene rings is 3. The van der Waals surface area contributed by atoms with Crippen LogP contribution in [0.25, 0.3) is 0 Å². The fourth-order valence-corrected chi connectivity index (χ4v) is 10.7. The number of aliphatic imine (C=N–C) groups is 1. The number of nitrogens with two attached hydrogens (primary N) is 1. The Balaban J connectivity index is 1.12. The van der Waals surface area contributed by atoms with Crippen LogP contribution in [0.5, 0.6) is 28.7 Å². The van der Waals surface area contributed by atoms with E-state index in [4.69, 9.17) is 38.9 Å². The molecule has 0 amide bonds. The summed E-state index contributed by atoms with van der Waals surface area (Å²) in [5, 5.41) is 78.9. The minimum Gasteiger partial charge on any atom is -0.489 e. The van der Waals surface area contributed by atoms with E-state index in [0.717, 1.165) is 21.6 Å². The minimum absolute atomic E-state index is 0.0509. The first-order valence-corrected chi connectivity index (χ1v) is 22.0. The monoisotopic (exact) mass is 927 g/mol. The van der Waals surface area contributed by atoms with Crippen LogP contribution >= 0.6 is 0 Å². The second-order valence-electron chi connectivity index (χ2n) is 17.5. The molecule has 7 heterocycles. The van der Waals surface area contributed by atoms with Gasteiger partial charge in [-0.25, -0.2) is 0 Å². The van der Waals surface area contributed by atoms with E-state index >= 15 is 0 Å². The SMILES string of the molecule is N[C@@H]1NC=C[C@@]2(O[C@H]3Oc4cc5c(c(C[NH+]6CC7=CC=NC7=C6CO)c4CC[C@@]3(O)[C@@H](O)[C@@H]2O)[C@@H]2Oc3c(ccc(OCO)c3OCCO)[C@@H]2[C@@H](Cc2ccccc2)O5)[C@@H]1OC(=O)CC(=O)O. The Hall–Kier alpha value is -6.07. The largest absolute Gasteiger partial charge is 0.489 e. The zero-order chi connectivity index (χ0) is 46.8. The molecule has 10 rings (SSSR count). The van der Waals surface area contributed by atoms with Crippen molar-refractivity contribution in [1.29, 1.82) is 0 Å². The lowest BCUT2D eigenvalue weighted by Crippen LogP contribution is -3.08. The third kappa shape index (κ3) is 7.48. The fourth-order valence-electron chi connectivity index (χ4n) is 10.7. The summed E-state index contributed by atoms with van der Waals surface area (Å²) in [6.45, 7) is -0.642. The van der Waals surface area contributed by atoms with Gasteiger partial charge in [-0.15, -0.1) is 0 Å². The number of nitrogens with one attached hydrogen (secondary N) is 2. The first-order valence-electron chi connectivity index (χ1n) is 22.0. The Kier molecular flexibility index (Phi) is 11.7. The van der Waals surface area contributed by atoms with Gasteiger partial charge in [0.2, 0.25) is 12.0 Å². The highest BCUT2D eigenvalue weighted by Gasteiger charge is 2.67. The molecule has 11 N–H and O–H groups in total. The molecule has 11 atom stereocenters. The average molecular weight is 928 g/mol. The van der Waals surface area contributed by atoms with Gasteiger partial charge in [-0.3, -0.25) is 19.5 Å². The van der Waals surface area contributed by atoms with Crippen molar-refractivity contribution in [1.82, 2.24) is 5.32 Å². The van der Waals surface area contributed by atoms with E-state index < -0.39 is 85.2 Å². The Morgan fingerprint density at radius 2 is 1.84 bits per heavy atom. The maximum Gasteiger partial charge on any atom is 0.317 e. The van der Waals surface area contributed by atoms with Gasteiger partial charge in [-0.1, -0.05) is 36.4 Å². The number of nitrogens with zero attached hydrogens (tertiary/aromatic N) is 1. The van der Waals surface area contributed by atoms with Crippen molar-refractivity contribution in [3.63, 3.8) is 0 Å². The van der Waals surface area contributed by atoms with Crippen molar-refractivity contribution in [2.45, 2.75) is 92.3 Å². The number of aliphatic carboxylic acids is 1. The van der Waals surface area contributed by atoms with Gasteiger partial charge in [-0.05, 0) is 42.8 Å². The summed E-state index contributed by atoms with van der Waals surface area (Å²) in [5.41, 5.74) is 7.80. The highest BCUT2D eigenvalue weighted by molar-refractivity contribution is 5.90. The van der Waals surface area contributed by atoms with Crippen LogP contribution in [0.4, 0.5) is 0 Å². The number of quaternary nitrogens is 1. The van der Waals surface area contributed by atoms with Gasteiger partial charge in [0.05, 0.1) is 12.5 Å². The summed E-state index contributed by atoms with van der Waals surface area (Å²) in [6.07, 6.45) is -4.49. The number of carboxylic acid groups (broad SMARTS) is 1. The molecular weight excluding hydrogens is 877 g/mol. The van der Waals surface area contributed by atoms with E-state index in [1.54, 1.807) is 18.3 Å². The molecule has 0 saturated carbocycles. The first kappa shape index (κ1) is 44.7. The van der Waals surface area contributed by atoms with Crippen molar-refractivity contribution >= 4 is 18.2 Å². The molecule has 0 aromatic heterocycles. The third-order valence-corrected chi connectivity index (χ3v) is 13.8. The second-order valence-corrected chi connectivity index (χ2v) is 17.5. The molecule has 0 radical (unpaired) electrons. The van der Waals surface area contributed by atoms with Crippen LogP contribution in [-0.2, 0) is 38.4 Å². The lowest BCUT2D eigenvalue weighted by molar-refractivity contribution is -0.867. The summed E-state index contributed by atoms with van der Waals surface area (Å²) < 4.78 is 44.5. The van der Waals surface area contributed by atoms with E-state index in [2.05, 4.69) is 10.3 Å². The van der Waals surface area contributed by atoms with E-state index in [1.807, 2.05) is 42.5 Å². The number of carbonyl (C=O) groups excluding carboxylic acids is 1. The van der Waals surface area contributed by atoms with Gasteiger partial charge < -0.3 is 80.0 Å². The molecule has 1 saturated heterocycles. The van der Waals surface area contributed by atoms with Crippen LogP contribution in [0.2, 0.25) is 0 Å². The number of allylic oxidation sites excluding steroid dienone is 1. The zero-order valence-electron chi connectivity index (χ0n) is 35.9. The smallest absolute Gasteiger partial charge is 0.317 e. The van der Waals surface area contributed by atoms with E-state index in [9.17, 15) is 45.3 Å². The number of aliphatic hydroxyl groups is 6. The number of ether oxygens (including phenoxy) is 7.